The monoisotopic (exact) mass is 677 g/mol. The van der Waals surface area contributed by atoms with Gasteiger partial charge in [-0.05, 0) is 96.5 Å². The summed E-state index contributed by atoms with van der Waals surface area (Å²) in [6.07, 6.45) is 3.66. The molecule has 3 heteroatoms. The van der Waals surface area contributed by atoms with E-state index in [1.807, 2.05) is 24.4 Å². The van der Waals surface area contributed by atoms with Crippen LogP contribution in [0.3, 0.4) is 0 Å². The topological polar surface area (TPSA) is 37.6 Å². The average molecular weight is 678 g/mol. The quantitative estimate of drug-likeness (QED) is 0.0980. The molecule has 53 heavy (non-hydrogen) atoms. The maximum absolute atomic E-state index is 5.31. The van der Waals surface area contributed by atoms with Gasteiger partial charge >= 0.3 is 0 Å². The van der Waals surface area contributed by atoms with Gasteiger partial charge in [0.1, 0.15) is 0 Å². The summed E-state index contributed by atoms with van der Waals surface area (Å²) in [4.78, 5) is 14.8. The maximum Gasteiger partial charge on any atom is 0.160 e. The van der Waals surface area contributed by atoms with E-state index in [1.165, 1.54) is 48.7 Å². The highest BCUT2D eigenvalue weighted by molar-refractivity contribution is 6.26. The van der Waals surface area contributed by atoms with Gasteiger partial charge in [0.2, 0.25) is 0 Å². The molecule has 1 aromatic heterocycles. The molecular formula is C50H35N3. The second-order valence-corrected chi connectivity index (χ2v) is 13.4. The van der Waals surface area contributed by atoms with Crippen molar-refractivity contribution < 1.29 is 0 Å². The Morgan fingerprint density at radius 2 is 1.04 bits per heavy atom. The molecule has 1 heterocycles. The van der Waals surface area contributed by atoms with E-state index < -0.39 is 0 Å². The summed E-state index contributed by atoms with van der Waals surface area (Å²) < 4.78 is 0. The number of aromatic nitrogens is 1. The van der Waals surface area contributed by atoms with Gasteiger partial charge in [0, 0.05) is 34.8 Å². The standard InChI is InChI=1S/C50H35N3/c1-33(36-15-9-17-38(29-36)41-19-12-28-51-32-41)52-50(40-26-27-48-46-23-6-5-21-44(46)45-22-7-8-24-47(45)49(48)31-40)53-34(2)37-16-10-18-39(30-37)43-25-11-14-35-13-3-4-20-42(35)43/h3-32H,1H2,2H3. The van der Waals surface area contributed by atoms with Gasteiger partial charge in [-0.1, -0.05) is 152 Å². The first-order valence-corrected chi connectivity index (χ1v) is 17.9. The molecule has 0 spiro atoms. The zero-order valence-corrected chi connectivity index (χ0v) is 29.4. The minimum absolute atomic E-state index is 0.606. The molecule has 0 saturated heterocycles. The number of aliphatic imine (C=N–C) groups is 2. The Labute approximate surface area is 309 Å². The lowest BCUT2D eigenvalue weighted by atomic mass is 9.93. The molecular weight excluding hydrogens is 643 g/mol. The van der Waals surface area contributed by atoms with E-state index in [1.54, 1.807) is 6.20 Å². The van der Waals surface area contributed by atoms with E-state index >= 15 is 0 Å². The molecule has 250 valence electrons. The van der Waals surface area contributed by atoms with Gasteiger partial charge in [0.05, 0.1) is 5.70 Å². The summed E-state index contributed by atoms with van der Waals surface area (Å²) >= 11 is 0. The van der Waals surface area contributed by atoms with Crippen LogP contribution in [0.4, 0.5) is 0 Å². The average Bonchev–Trinajstić information content (AvgIpc) is 3.23. The minimum Gasteiger partial charge on any atom is -0.264 e. The SMILES string of the molecule is C=C(N=C(N=C(C)c1cccc(-c2cccc3ccccc23)c1)c1ccc2c3ccccc3c3ccccc3c2c1)c1cccc(-c2cccnc2)c1. The summed E-state index contributed by atoms with van der Waals surface area (Å²) in [6.45, 7) is 6.53. The Morgan fingerprint density at radius 3 is 1.77 bits per heavy atom. The van der Waals surface area contributed by atoms with Gasteiger partial charge in [-0.3, -0.25) is 4.98 Å². The first-order valence-electron chi connectivity index (χ1n) is 17.9. The predicted octanol–water partition coefficient (Wildman–Crippen LogP) is 13.0. The Balaban J connectivity index is 1.20. The van der Waals surface area contributed by atoms with Crippen molar-refractivity contribution in [2.45, 2.75) is 6.92 Å². The number of benzene rings is 8. The zero-order valence-electron chi connectivity index (χ0n) is 29.4. The Bertz CT molecular complexity index is 2880. The van der Waals surface area contributed by atoms with Crippen LogP contribution in [0.5, 0.6) is 0 Å². The number of rotatable bonds is 6. The molecule has 9 aromatic rings. The molecule has 9 rings (SSSR count). The third kappa shape index (κ3) is 6.09. The summed E-state index contributed by atoms with van der Waals surface area (Å²) in [5.74, 6) is 0.606. The van der Waals surface area contributed by atoms with Crippen LogP contribution in [0.15, 0.2) is 199 Å². The largest absolute Gasteiger partial charge is 0.264 e. The predicted molar refractivity (Wildman–Crippen MR) is 226 cm³/mol. The van der Waals surface area contributed by atoms with E-state index in [-0.39, 0.29) is 0 Å². The fourth-order valence-corrected chi connectivity index (χ4v) is 7.42. The molecule has 0 aliphatic heterocycles. The smallest absolute Gasteiger partial charge is 0.160 e. The number of pyridine rings is 1. The number of amidine groups is 1. The van der Waals surface area contributed by atoms with Crippen molar-refractivity contribution in [3.63, 3.8) is 0 Å². The molecule has 0 atom stereocenters. The highest BCUT2D eigenvalue weighted by atomic mass is 14.9. The summed E-state index contributed by atoms with van der Waals surface area (Å²) in [6, 6.07) is 59.8. The maximum atomic E-state index is 5.31. The highest BCUT2D eigenvalue weighted by Gasteiger charge is 2.14. The third-order valence-electron chi connectivity index (χ3n) is 10.1. The molecule has 0 N–H and O–H groups in total. The molecule has 0 amide bonds. The van der Waals surface area contributed by atoms with Gasteiger partial charge in [0.15, 0.2) is 5.84 Å². The van der Waals surface area contributed by atoms with Gasteiger partial charge in [-0.25, -0.2) is 9.98 Å². The number of fused-ring (bicyclic) bond motifs is 7. The van der Waals surface area contributed by atoms with Crippen molar-refractivity contribution in [2.24, 2.45) is 9.98 Å². The highest BCUT2D eigenvalue weighted by Crippen LogP contribution is 2.36. The van der Waals surface area contributed by atoms with Crippen LogP contribution in [-0.4, -0.2) is 16.5 Å². The van der Waals surface area contributed by atoms with E-state index in [0.29, 0.717) is 11.5 Å². The lowest BCUT2D eigenvalue weighted by Crippen LogP contribution is -2.05. The van der Waals surface area contributed by atoms with Crippen molar-refractivity contribution in [3.8, 4) is 22.3 Å². The number of hydrogen-bond donors (Lipinski definition) is 0. The van der Waals surface area contributed by atoms with Crippen LogP contribution in [-0.2, 0) is 0 Å². The molecule has 0 saturated carbocycles. The van der Waals surface area contributed by atoms with Crippen LogP contribution in [0.1, 0.15) is 23.6 Å². The third-order valence-corrected chi connectivity index (χ3v) is 10.1. The minimum atomic E-state index is 0.606. The lowest BCUT2D eigenvalue weighted by molar-refractivity contribution is 1.33. The Morgan fingerprint density at radius 1 is 0.453 bits per heavy atom. The van der Waals surface area contributed by atoms with Crippen LogP contribution in [0.2, 0.25) is 0 Å². The number of nitrogens with zero attached hydrogens (tertiary/aromatic N) is 3. The summed E-state index contributed by atoms with van der Waals surface area (Å²) in [5, 5.41) is 9.73. The van der Waals surface area contributed by atoms with Gasteiger partial charge in [-0.2, -0.15) is 0 Å². The first kappa shape index (κ1) is 32.0. The molecule has 8 aromatic carbocycles. The molecule has 3 nitrogen and oxygen atoms in total. The van der Waals surface area contributed by atoms with E-state index in [2.05, 4.69) is 170 Å². The van der Waals surface area contributed by atoms with Crippen molar-refractivity contribution in [1.82, 2.24) is 4.98 Å². The lowest BCUT2D eigenvalue weighted by Gasteiger charge is -2.13. The van der Waals surface area contributed by atoms with E-state index in [9.17, 15) is 0 Å². The molecule has 0 unspecified atom stereocenters. The van der Waals surface area contributed by atoms with Crippen LogP contribution in [0, 0.1) is 0 Å². The molecule has 0 aliphatic rings. The molecule has 0 bridgehead atoms. The zero-order chi connectivity index (χ0) is 35.7. The van der Waals surface area contributed by atoms with Gasteiger partial charge < -0.3 is 0 Å². The normalized spacial score (nSPS) is 12.2. The van der Waals surface area contributed by atoms with Crippen molar-refractivity contribution in [2.75, 3.05) is 0 Å². The van der Waals surface area contributed by atoms with Crippen molar-refractivity contribution in [3.05, 3.63) is 206 Å². The first-order chi connectivity index (χ1) is 26.1. The number of hydrogen-bond acceptors (Lipinski definition) is 2. The van der Waals surface area contributed by atoms with Crippen LogP contribution in [0.25, 0.3) is 71.0 Å². The fourth-order valence-electron chi connectivity index (χ4n) is 7.42. The van der Waals surface area contributed by atoms with Crippen LogP contribution < -0.4 is 0 Å². The van der Waals surface area contributed by atoms with E-state index in [4.69, 9.17) is 9.98 Å². The second kappa shape index (κ2) is 13.6. The summed E-state index contributed by atoms with van der Waals surface area (Å²) in [5.41, 5.74) is 8.82. The van der Waals surface area contributed by atoms with Crippen molar-refractivity contribution >= 4 is 60.3 Å². The fraction of sp³-hybridized carbons (Fsp3) is 0.0200. The second-order valence-electron chi connectivity index (χ2n) is 13.4. The molecule has 0 fully saturated rings. The van der Waals surface area contributed by atoms with Gasteiger partial charge in [0.25, 0.3) is 0 Å². The molecule has 0 aliphatic carbocycles. The Hall–Kier alpha value is -6.97. The van der Waals surface area contributed by atoms with Crippen LogP contribution >= 0.6 is 0 Å². The van der Waals surface area contributed by atoms with E-state index in [0.717, 1.165) is 39.1 Å². The molecule has 0 radical (unpaired) electrons. The Kier molecular flexibility index (Phi) is 8.22. The van der Waals surface area contributed by atoms with Gasteiger partial charge in [-0.15, -0.1) is 0 Å². The van der Waals surface area contributed by atoms with Crippen molar-refractivity contribution in [1.29, 1.82) is 0 Å². The summed E-state index contributed by atoms with van der Waals surface area (Å²) in [7, 11) is 0.